The Balaban J connectivity index is 0.00000121. The van der Waals surface area contributed by atoms with Gasteiger partial charge in [0.25, 0.3) is 0 Å². The molecule has 0 heterocycles. The molecule has 1 aliphatic rings. The van der Waals surface area contributed by atoms with Crippen molar-refractivity contribution in [3.8, 4) is 0 Å². The third-order valence-electron chi connectivity index (χ3n) is 2.41. The minimum atomic E-state index is 0. The summed E-state index contributed by atoms with van der Waals surface area (Å²) in [4.78, 5) is 2.07. The summed E-state index contributed by atoms with van der Waals surface area (Å²) in [5.74, 6) is 0. The van der Waals surface area contributed by atoms with Crippen molar-refractivity contribution < 1.29 is 29.6 Å². The molecule has 1 saturated carbocycles. The zero-order valence-electron chi connectivity index (χ0n) is 7.88. The molecule has 0 aromatic carbocycles. The van der Waals surface area contributed by atoms with E-state index in [-0.39, 0.29) is 29.6 Å². The van der Waals surface area contributed by atoms with E-state index < -0.39 is 0 Å². The van der Waals surface area contributed by atoms with Gasteiger partial charge in [-0.3, -0.25) is 0 Å². The summed E-state index contributed by atoms with van der Waals surface area (Å²) in [7, 11) is 2.02. The zero-order valence-corrected chi connectivity index (χ0v) is 11.5. The van der Waals surface area contributed by atoms with Crippen LogP contribution in [0.15, 0.2) is 0 Å². The van der Waals surface area contributed by atoms with Gasteiger partial charge in [0.1, 0.15) is 0 Å². The predicted molar refractivity (Wildman–Crippen MR) is 54.6 cm³/mol. The Kier molecular flexibility index (Phi) is 7.15. The quantitative estimate of drug-likeness (QED) is 0.314. The van der Waals surface area contributed by atoms with Crippen molar-refractivity contribution in [2.45, 2.75) is 38.1 Å². The van der Waals surface area contributed by atoms with E-state index in [1.54, 1.807) is 0 Å². The molecule has 1 fully saturated rings. The molecule has 4 heteroatoms. The van der Waals surface area contributed by atoms with Gasteiger partial charge in [0, 0.05) is 13.1 Å². The molecule has 0 unspecified atom stereocenters. The average Bonchev–Trinajstić information content (AvgIpc) is 2.05. The maximum Gasteiger partial charge on any atom is 1.00 e. The minimum Gasteiger partial charge on any atom is -0.411 e. The number of nitrogens with zero attached hydrogens (tertiary/aromatic N) is 1. The van der Waals surface area contributed by atoms with Crippen molar-refractivity contribution in [3.63, 3.8) is 0 Å². The Morgan fingerprint density at radius 3 is 2.25 bits per heavy atom. The van der Waals surface area contributed by atoms with Crippen LogP contribution in [0.25, 0.3) is 0 Å². The topological polar surface area (TPSA) is 3.24 Å². The van der Waals surface area contributed by atoms with Crippen LogP contribution in [0.5, 0.6) is 0 Å². The van der Waals surface area contributed by atoms with Crippen molar-refractivity contribution >= 4 is 29.2 Å². The van der Waals surface area contributed by atoms with Gasteiger partial charge in [-0.25, -0.2) is 0 Å². The summed E-state index contributed by atoms with van der Waals surface area (Å²) in [5, 5.41) is 0. The van der Waals surface area contributed by atoms with Crippen LogP contribution in [0.2, 0.25) is 0 Å². The molecule has 1 rings (SSSR count). The van der Waals surface area contributed by atoms with Crippen LogP contribution in [0.4, 0.5) is 0 Å². The Morgan fingerprint density at radius 1 is 1.33 bits per heavy atom. The van der Waals surface area contributed by atoms with E-state index in [0.717, 1.165) is 0 Å². The second-order valence-corrected chi connectivity index (χ2v) is 4.20. The van der Waals surface area contributed by atoms with E-state index in [9.17, 15) is 0 Å². The summed E-state index contributed by atoms with van der Waals surface area (Å²) in [5.41, 5.74) is 0. The standard InChI is InChI=1S/C8H15NS2.Na/c1-9(8(10)11)7-5-3-2-4-6-7;/h7H,2-6H2,1H3,(H,10,11);/q;+1/p-1. The second kappa shape index (κ2) is 6.55. The molecule has 0 radical (unpaired) electrons. The molecule has 1 nitrogen and oxygen atoms in total. The van der Waals surface area contributed by atoms with Gasteiger partial charge in [0.15, 0.2) is 0 Å². The first-order valence-electron chi connectivity index (χ1n) is 4.15. The van der Waals surface area contributed by atoms with E-state index in [4.69, 9.17) is 24.8 Å². The van der Waals surface area contributed by atoms with Crippen LogP contribution in [0, 0.1) is 0 Å². The number of thiocarbonyl (C=S) groups is 1. The predicted octanol–water partition coefficient (Wildman–Crippen LogP) is -0.913. The van der Waals surface area contributed by atoms with Crippen LogP contribution in [-0.4, -0.2) is 22.3 Å². The molecule has 12 heavy (non-hydrogen) atoms. The summed E-state index contributed by atoms with van der Waals surface area (Å²) in [6.45, 7) is 0. The molecule has 0 aliphatic heterocycles. The summed E-state index contributed by atoms with van der Waals surface area (Å²) < 4.78 is 0.622. The fraction of sp³-hybridized carbons (Fsp3) is 0.875. The van der Waals surface area contributed by atoms with E-state index in [1.807, 2.05) is 7.05 Å². The van der Waals surface area contributed by atoms with E-state index in [2.05, 4.69) is 4.90 Å². The van der Waals surface area contributed by atoms with Gasteiger partial charge in [-0.05, 0) is 12.8 Å². The van der Waals surface area contributed by atoms with Crippen LogP contribution in [0.3, 0.4) is 0 Å². The third-order valence-corrected chi connectivity index (χ3v) is 2.99. The summed E-state index contributed by atoms with van der Waals surface area (Å²) >= 11 is 9.88. The maximum absolute atomic E-state index is 4.94. The van der Waals surface area contributed by atoms with E-state index in [0.29, 0.717) is 10.4 Å². The molecule has 1 aliphatic carbocycles. The first-order chi connectivity index (χ1) is 5.22. The van der Waals surface area contributed by atoms with Gasteiger partial charge in [0.05, 0.1) is 0 Å². The van der Waals surface area contributed by atoms with Crippen molar-refractivity contribution in [3.05, 3.63) is 0 Å². The smallest absolute Gasteiger partial charge is 0.411 e. The molecule has 0 aromatic rings. The molecular weight excluding hydrogens is 197 g/mol. The van der Waals surface area contributed by atoms with Gasteiger partial charge < -0.3 is 29.7 Å². The largest absolute Gasteiger partial charge is 1.00 e. The van der Waals surface area contributed by atoms with E-state index in [1.165, 1.54) is 32.1 Å². The Bertz CT molecular complexity index is 146. The van der Waals surface area contributed by atoms with Gasteiger partial charge in [0.2, 0.25) is 0 Å². The molecule has 0 saturated heterocycles. The number of hydrogen-bond acceptors (Lipinski definition) is 2. The van der Waals surface area contributed by atoms with Crippen LogP contribution >= 0.6 is 12.2 Å². The fourth-order valence-corrected chi connectivity index (χ4v) is 1.92. The van der Waals surface area contributed by atoms with Gasteiger partial charge in [-0.1, -0.05) is 23.6 Å². The summed E-state index contributed by atoms with van der Waals surface area (Å²) in [6.07, 6.45) is 6.61. The third kappa shape index (κ3) is 3.88. The van der Waals surface area contributed by atoms with Crippen molar-refractivity contribution in [1.29, 1.82) is 0 Å². The second-order valence-electron chi connectivity index (χ2n) is 3.17. The number of rotatable bonds is 1. The molecule has 0 aromatic heterocycles. The van der Waals surface area contributed by atoms with Crippen LogP contribution in [0.1, 0.15) is 32.1 Å². The molecule has 0 N–H and O–H groups in total. The first kappa shape index (κ1) is 13.1. The molecule has 0 spiro atoms. The molecular formula is C8H14NNaS2. The Labute approximate surface area is 108 Å². The van der Waals surface area contributed by atoms with Crippen LogP contribution in [-0.2, 0) is 12.6 Å². The van der Waals surface area contributed by atoms with Crippen molar-refractivity contribution in [2.24, 2.45) is 0 Å². The van der Waals surface area contributed by atoms with Crippen molar-refractivity contribution in [2.75, 3.05) is 7.05 Å². The molecule has 0 bridgehead atoms. The summed E-state index contributed by atoms with van der Waals surface area (Å²) in [6, 6.07) is 0.633. The fourth-order valence-electron chi connectivity index (χ4n) is 1.62. The average molecular weight is 211 g/mol. The maximum atomic E-state index is 4.94. The Morgan fingerprint density at radius 2 is 1.83 bits per heavy atom. The first-order valence-corrected chi connectivity index (χ1v) is 4.97. The van der Waals surface area contributed by atoms with E-state index >= 15 is 0 Å². The van der Waals surface area contributed by atoms with Crippen LogP contribution < -0.4 is 29.6 Å². The SMILES string of the molecule is CN(C(=S)[S-])C1CCCCC1.[Na+]. The molecule has 64 valence electrons. The normalized spacial score (nSPS) is 18.1. The molecule has 0 atom stereocenters. The number of hydrogen-bond donors (Lipinski definition) is 0. The molecule has 0 amide bonds. The van der Waals surface area contributed by atoms with Gasteiger partial charge in [-0.15, -0.1) is 0 Å². The van der Waals surface area contributed by atoms with Gasteiger partial charge >= 0.3 is 29.6 Å². The van der Waals surface area contributed by atoms with Gasteiger partial charge in [-0.2, -0.15) is 0 Å². The Hall–Kier alpha value is 1.11. The monoisotopic (exact) mass is 211 g/mol. The zero-order chi connectivity index (χ0) is 8.27. The van der Waals surface area contributed by atoms with Crippen molar-refractivity contribution in [1.82, 2.24) is 4.90 Å². The minimum absolute atomic E-state index is 0.